The standard InChI is InChI=1S/C19H24N2O4S/c1-20(17-7-5-4-6-8-17)19(22)13-14-21(26(3,23)24)15-16-9-11-18(25-2)12-10-16/h4-12H,13-15H2,1-3H3. The summed E-state index contributed by atoms with van der Waals surface area (Å²) in [4.78, 5) is 13.9. The predicted octanol–water partition coefficient (Wildman–Crippen LogP) is 2.51. The maximum Gasteiger partial charge on any atom is 0.228 e. The topological polar surface area (TPSA) is 66.9 Å². The van der Waals surface area contributed by atoms with E-state index in [0.29, 0.717) is 5.75 Å². The van der Waals surface area contributed by atoms with Crippen molar-refractivity contribution in [3.05, 3.63) is 60.2 Å². The van der Waals surface area contributed by atoms with Crippen LogP contribution in [0.5, 0.6) is 5.75 Å². The van der Waals surface area contributed by atoms with Crippen LogP contribution in [0.15, 0.2) is 54.6 Å². The van der Waals surface area contributed by atoms with Crippen LogP contribution in [0.1, 0.15) is 12.0 Å². The summed E-state index contributed by atoms with van der Waals surface area (Å²) in [6, 6.07) is 16.4. The van der Waals surface area contributed by atoms with Crippen molar-refractivity contribution in [1.29, 1.82) is 0 Å². The Morgan fingerprint density at radius 2 is 1.65 bits per heavy atom. The number of rotatable bonds is 8. The lowest BCUT2D eigenvalue weighted by Crippen LogP contribution is -2.35. The molecule has 0 bridgehead atoms. The van der Waals surface area contributed by atoms with Crippen molar-refractivity contribution >= 4 is 21.6 Å². The summed E-state index contributed by atoms with van der Waals surface area (Å²) in [7, 11) is -0.171. The van der Waals surface area contributed by atoms with Gasteiger partial charge in [-0.15, -0.1) is 0 Å². The number of anilines is 1. The Kier molecular flexibility index (Phi) is 6.76. The highest BCUT2D eigenvalue weighted by molar-refractivity contribution is 7.88. The molecule has 2 aromatic carbocycles. The van der Waals surface area contributed by atoms with Crippen LogP contribution in [0.2, 0.25) is 0 Å². The quantitative estimate of drug-likeness (QED) is 0.710. The largest absolute Gasteiger partial charge is 0.497 e. The van der Waals surface area contributed by atoms with E-state index in [9.17, 15) is 13.2 Å². The normalized spacial score (nSPS) is 11.4. The molecule has 0 aromatic heterocycles. The van der Waals surface area contributed by atoms with Crippen molar-refractivity contribution in [2.75, 3.05) is 31.9 Å². The molecule has 0 aliphatic carbocycles. The van der Waals surface area contributed by atoms with Gasteiger partial charge in [0.1, 0.15) is 5.75 Å². The number of hydrogen-bond acceptors (Lipinski definition) is 4. The van der Waals surface area contributed by atoms with Crippen LogP contribution in [0.25, 0.3) is 0 Å². The van der Waals surface area contributed by atoms with E-state index in [1.165, 1.54) is 9.21 Å². The van der Waals surface area contributed by atoms with Gasteiger partial charge in [0.15, 0.2) is 0 Å². The van der Waals surface area contributed by atoms with Crippen molar-refractivity contribution in [2.45, 2.75) is 13.0 Å². The van der Waals surface area contributed by atoms with Crippen LogP contribution in [0.4, 0.5) is 5.69 Å². The number of nitrogens with zero attached hydrogens (tertiary/aromatic N) is 2. The number of amides is 1. The van der Waals surface area contributed by atoms with Gasteiger partial charge in [0.2, 0.25) is 15.9 Å². The first-order valence-corrected chi connectivity index (χ1v) is 10.1. The molecule has 6 nitrogen and oxygen atoms in total. The Labute approximate surface area is 155 Å². The van der Waals surface area contributed by atoms with Crippen LogP contribution in [-0.4, -0.2) is 45.6 Å². The lowest BCUT2D eigenvalue weighted by Gasteiger charge is -2.22. The van der Waals surface area contributed by atoms with Gasteiger partial charge in [0.05, 0.1) is 13.4 Å². The summed E-state index contributed by atoms with van der Waals surface area (Å²) in [5, 5.41) is 0. The molecule has 0 aliphatic rings. The van der Waals surface area contributed by atoms with Gasteiger partial charge in [-0.05, 0) is 29.8 Å². The third-order valence-electron chi connectivity index (χ3n) is 4.08. The van der Waals surface area contributed by atoms with E-state index in [0.717, 1.165) is 17.5 Å². The maximum absolute atomic E-state index is 12.4. The van der Waals surface area contributed by atoms with E-state index in [1.54, 1.807) is 26.3 Å². The molecule has 140 valence electrons. The van der Waals surface area contributed by atoms with Crippen molar-refractivity contribution in [2.24, 2.45) is 0 Å². The van der Waals surface area contributed by atoms with Crippen molar-refractivity contribution in [3.63, 3.8) is 0 Å². The van der Waals surface area contributed by atoms with E-state index in [1.807, 2.05) is 42.5 Å². The van der Waals surface area contributed by atoms with Gasteiger partial charge < -0.3 is 9.64 Å². The molecule has 0 heterocycles. The maximum atomic E-state index is 12.4. The number of methoxy groups -OCH3 is 1. The number of benzene rings is 2. The van der Waals surface area contributed by atoms with Crippen LogP contribution >= 0.6 is 0 Å². The fourth-order valence-electron chi connectivity index (χ4n) is 2.48. The van der Waals surface area contributed by atoms with Gasteiger partial charge >= 0.3 is 0 Å². The Morgan fingerprint density at radius 1 is 1.04 bits per heavy atom. The Hall–Kier alpha value is -2.38. The van der Waals surface area contributed by atoms with E-state index in [-0.39, 0.29) is 25.4 Å². The van der Waals surface area contributed by atoms with Crippen LogP contribution in [-0.2, 0) is 21.4 Å². The first-order valence-electron chi connectivity index (χ1n) is 8.21. The summed E-state index contributed by atoms with van der Waals surface area (Å²) < 4.78 is 30.6. The van der Waals surface area contributed by atoms with Crippen LogP contribution < -0.4 is 9.64 Å². The molecular weight excluding hydrogens is 352 g/mol. The summed E-state index contributed by atoms with van der Waals surface area (Å²) in [6.45, 7) is 0.339. The molecule has 0 saturated carbocycles. The minimum atomic E-state index is -3.43. The molecule has 0 radical (unpaired) electrons. The minimum Gasteiger partial charge on any atom is -0.497 e. The number of carbonyl (C=O) groups excluding carboxylic acids is 1. The van der Waals surface area contributed by atoms with Crippen molar-refractivity contribution in [1.82, 2.24) is 4.31 Å². The second-order valence-corrected chi connectivity index (χ2v) is 7.97. The number of ether oxygens (including phenoxy) is 1. The summed E-state index contributed by atoms with van der Waals surface area (Å²) in [6.07, 6.45) is 1.26. The van der Waals surface area contributed by atoms with Gasteiger partial charge in [0, 0.05) is 32.2 Å². The minimum absolute atomic E-state index is 0.106. The van der Waals surface area contributed by atoms with E-state index < -0.39 is 10.0 Å². The lowest BCUT2D eigenvalue weighted by molar-refractivity contribution is -0.118. The lowest BCUT2D eigenvalue weighted by atomic mass is 10.2. The molecule has 1 amide bonds. The monoisotopic (exact) mass is 376 g/mol. The summed E-state index contributed by atoms with van der Waals surface area (Å²) in [5.41, 5.74) is 1.61. The second-order valence-electron chi connectivity index (χ2n) is 5.98. The number of carbonyl (C=O) groups is 1. The van der Waals surface area contributed by atoms with Crippen molar-refractivity contribution < 1.29 is 17.9 Å². The molecule has 7 heteroatoms. The highest BCUT2D eigenvalue weighted by Gasteiger charge is 2.20. The molecule has 0 aliphatic heterocycles. The summed E-state index contributed by atoms with van der Waals surface area (Å²) >= 11 is 0. The summed E-state index contributed by atoms with van der Waals surface area (Å²) in [5.74, 6) is 0.568. The number of para-hydroxylation sites is 1. The Balaban J connectivity index is 2.02. The molecule has 0 atom stereocenters. The average molecular weight is 376 g/mol. The smallest absolute Gasteiger partial charge is 0.228 e. The van der Waals surface area contributed by atoms with Crippen molar-refractivity contribution in [3.8, 4) is 5.75 Å². The van der Waals surface area contributed by atoms with E-state index >= 15 is 0 Å². The fourth-order valence-corrected chi connectivity index (χ4v) is 3.29. The fraction of sp³-hybridized carbons (Fsp3) is 0.316. The predicted molar refractivity (Wildman–Crippen MR) is 103 cm³/mol. The molecule has 0 spiro atoms. The van der Waals surface area contributed by atoms with Crippen LogP contribution in [0.3, 0.4) is 0 Å². The van der Waals surface area contributed by atoms with E-state index in [2.05, 4.69) is 0 Å². The third kappa shape index (κ3) is 5.57. The molecule has 0 fully saturated rings. The van der Waals surface area contributed by atoms with Gasteiger partial charge in [-0.3, -0.25) is 4.79 Å². The molecule has 0 unspecified atom stereocenters. The van der Waals surface area contributed by atoms with Gasteiger partial charge in [-0.1, -0.05) is 30.3 Å². The first kappa shape index (κ1) is 19.9. The van der Waals surface area contributed by atoms with Gasteiger partial charge in [-0.2, -0.15) is 4.31 Å². The average Bonchev–Trinajstić information content (AvgIpc) is 2.64. The second kappa shape index (κ2) is 8.82. The molecule has 2 aromatic rings. The molecule has 2 rings (SSSR count). The molecule has 0 saturated heterocycles. The van der Waals surface area contributed by atoms with Gasteiger partial charge in [0.25, 0.3) is 0 Å². The zero-order valence-corrected chi connectivity index (χ0v) is 16.1. The zero-order chi connectivity index (χ0) is 19.2. The zero-order valence-electron chi connectivity index (χ0n) is 15.3. The Morgan fingerprint density at radius 3 is 2.19 bits per heavy atom. The molecular formula is C19H24N2O4S. The SMILES string of the molecule is COc1ccc(CN(CCC(=O)N(C)c2ccccc2)S(C)(=O)=O)cc1. The molecule has 0 N–H and O–H groups in total. The van der Waals surface area contributed by atoms with Crippen LogP contribution in [0, 0.1) is 0 Å². The number of hydrogen-bond donors (Lipinski definition) is 0. The Bertz CT molecular complexity index is 820. The third-order valence-corrected chi connectivity index (χ3v) is 5.33. The van der Waals surface area contributed by atoms with Gasteiger partial charge in [-0.25, -0.2) is 8.42 Å². The first-order chi connectivity index (χ1) is 12.3. The van der Waals surface area contributed by atoms with E-state index in [4.69, 9.17) is 4.74 Å². The molecule has 26 heavy (non-hydrogen) atoms. The highest BCUT2D eigenvalue weighted by atomic mass is 32.2. The number of sulfonamides is 1. The highest BCUT2D eigenvalue weighted by Crippen LogP contribution is 2.16.